The predicted molar refractivity (Wildman–Crippen MR) is 100.0 cm³/mol. The molecule has 1 aromatic carbocycles. The fourth-order valence-corrected chi connectivity index (χ4v) is 2.73. The van der Waals surface area contributed by atoms with Gasteiger partial charge in [0.25, 0.3) is 0 Å². The highest BCUT2D eigenvalue weighted by atomic mass is 35.5. The number of carbonyl (C=O) groups is 1. The number of rotatable bonds is 8. The van der Waals surface area contributed by atoms with E-state index in [9.17, 15) is 4.79 Å². The van der Waals surface area contributed by atoms with E-state index in [0.717, 1.165) is 0 Å². The molecule has 1 amide bonds. The van der Waals surface area contributed by atoms with Crippen molar-refractivity contribution in [1.82, 2.24) is 20.1 Å². The van der Waals surface area contributed by atoms with Gasteiger partial charge in [0.1, 0.15) is 12.4 Å². The summed E-state index contributed by atoms with van der Waals surface area (Å²) in [6.45, 7) is 6.45. The van der Waals surface area contributed by atoms with Crippen molar-refractivity contribution in [2.24, 2.45) is 13.0 Å². The Morgan fingerprint density at radius 1 is 1.28 bits per heavy atom. The summed E-state index contributed by atoms with van der Waals surface area (Å²) in [6, 6.07) is 7.29. The molecule has 0 unspecified atom stereocenters. The number of benzene rings is 1. The molecule has 0 fully saturated rings. The Morgan fingerprint density at radius 2 is 1.96 bits per heavy atom. The number of ether oxygens (including phenoxy) is 1. The number of nitrogens with one attached hydrogen (secondary N) is 1. The topological polar surface area (TPSA) is 69.0 Å². The molecule has 6 nitrogen and oxygen atoms in total. The van der Waals surface area contributed by atoms with Crippen LogP contribution in [0.15, 0.2) is 29.4 Å². The summed E-state index contributed by atoms with van der Waals surface area (Å²) in [5.41, 5.74) is 0. The molecule has 1 aromatic heterocycles. The number of halogens is 1. The number of amides is 1. The molecule has 1 atom stereocenters. The van der Waals surface area contributed by atoms with Crippen LogP contribution in [0.1, 0.15) is 26.6 Å². The van der Waals surface area contributed by atoms with Crippen LogP contribution >= 0.6 is 23.4 Å². The van der Waals surface area contributed by atoms with Crippen LogP contribution < -0.4 is 10.1 Å². The van der Waals surface area contributed by atoms with E-state index in [0.29, 0.717) is 40.0 Å². The van der Waals surface area contributed by atoms with E-state index in [1.807, 2.05) is 18.5 Å². The molecule has 0 saturated carbocycles. The Balaban J connectivity index is 1.85. The van der Waals surface area contributed by atoms with Crippen LogP contribution in [0, 0.1) is 5.92 Å². The first kappa shape index (κ1) is 19.6. The zero-order chi connectivity index (χ0) is 18.4. The second-order valence-electron chi connectivity index (χ2n) is 6.09. The molecule has 0 aliphatic carbocycles. The van der Waals surface area contributed by atoms with Gasteiger partial charge in [-0.05, 0) is 37.1 Å². The van der Waals surface area contributed by atoms with Crippen molar-refractivity contribution in [3.8, 4) is 5.75 Å². The Morgan fingerprint density at radius 3 is 2.60 bits per heavy atom. The maximum atomic E-state index is 12.0. The van der Waals surface area contributed by atoms with Gasteiger partial charge in [0.15, 0.2) is 11.0 Å². The van der Waals surface area contributed by atoms with Gasteiger partial charge in [-0.1, -0.05) is 37.2 Å². The second kappa shape index (κ2) is 9.10. The van der Waals surface area contributed by atoms with E-state index in [-0.39, 0.29) is 11.9 Å². The Kier molecular flexibility index (Phi) is 7.13. The molecule has 0 aliphatic heterocycles. The first-order valence-corrected chi connectivity index (χ1v) is 9.42. The lowest BCUT2D eigenvalue weighted by Gasteiger charge is -2.17. The van der Waals surface area contributed by atoms with Gasteiger partial charge in [-0.2, -0.15) is 0 Å². The van der Waals surface area contributed by atoms with Crippen molar-refractivity contribution < 1.29 is 9.53 Å². The lowest BCUT2D eigenvalue weighted by atomic mass is 10.1. The van der Waals surface area contributed by atoms with Crippen LogP contribution in [-0.4, -0.2) is 32.5 Å². The summed E-state index contributed by atoms with van der Waals surface area (Å²) in [7, 11) is 1.86. The van der Waals surface area contributed by atoms with Crippen molar-refractivity contribution in [2.75, 3.05) is 5.75 Å². The molecule has 0 spiro atoms. The zero-order valence-electron chi connectivity index (χ0n) is 14.8. The molecule has 0 saturated heterocycles. The molecule has 0 radical (unpaired) electrons. The van der Waals surface area contributed by atoms with E-state index in [1.54, 1.807) is 24.3 Å². The van der Waals surface area contributed by atoms with Gasteiger partial charge in [0, 0.05) is 18.1 Å². The van der Waals surface area contributed by atoms with E-state index in [4.69, 9.17) is 16.3 Å². The second-order valence-corrected chi connectivity index (χ2v) is 7.47. The quantitative estimate of drug-likeness (QED) is 0.709. The van der Waals surface area contributed by atoms with E-state index in [2.05, 4.69) is 29.4 Å². The Bertz CT molecular complexity index is 703. The minimum atomic E-state index is -0.00633. The van der Waals surface area contributed by atoms with Crippen molar-refractivity contribution in [3.05, 3.63) is 35.1 Å². The minimum absolute atomic E-state index is 0.00633. The predicted octanol–water partition coefficient (Wildman–Crippen LogP) is 3.30. The first-order chi connectivity index (χ1) is 11.9. The number of hydrogen-bond acceptors (Lipinski definition) is 5. The zero-order valence-corrected chi connectivity index (χ0v) is 16.4. The first-order valence-electron chi connectivity index (χ1n) is 8.05. The van der Waals surface area contributed by atoms with Crippen LogP contribution in [0.2, 0.25) is 5.02 Å². The number of carbonyl (C=O) groups excluding carboxylic acids is 1. The van der Waals surface area contributed by atoms with Gasteiger partial charge >= 0.3 is 0 Å². The summed E-state index contributed by atoms with van der Waals surface area (Å²) in [4.78, 5) is 12.0. The molecule has 2 rings (SSSR count). The monoisotopic (exact) mass is 382 g/mol. The van der Waals surface area contributed by atoms with Crippen molar-refractivity contribution >= 4 is 29.3 Å². The van der Waals surface area contributed by atoms with Crippen LogP contribution in [0.25, 0.3) is 0 Å². The van der Waals surface area contributed by atoms with E-state index in [1.165, 1.54) is 11.8 Å². The lowest BCUT2D eigenvalue weighted by Crippen LogP contribution is -2.37. The summed E-state index contributed by atoms with van der Waals surface area (Å²) >= 11 is 7.21. The standard InChI is InChI=1S/C17H23ClN4O2S/c1-11(2)12(3)19-16(23)10-25-17-21-20-15(22(17)4)9-24-14-7-5-13(18)6-8-14/h5-8,11-12H,9-10H2,1-4H3,(H,19,23)/t12-/m1/s1. The molecule has 1 N–H and O–H groups in total. The maximum Gasteiger partial charge on any atom is 0.230 e. The number of thioether (sulfide) groups is 1. The van der Waals surface area contributed by atoms with Gasteiger partial charge in [0.2, 0.25) is 5.91 Å². The largest absolute Gasteiger partial charge is 0.486 e. The van der Waals surface area contributed by atoms with Gasteiger partial charge in [0.05, 0.1) is 5.75 Å². The number of hydrogen-bond donors (Lipinski definition) is 1. The fourth-order valence-electron chi connectivity index (χ4n) is 1.87. The molecular weight excluding hydrogens is 360 g/mol. The lowest BCUT2D eigenvalue weighted by molar-refractivity contribution is -0.119. The summed E-state index contributed by atoms with van der Waals surface area (Å²) in [5, 5.41) is 12.6. The van der Waals surface area contributed by atoms with Crippen LogP contribution in [-0.2, 0) is 18.4 Å². The molecule has 2 aromatic rings. The third-order valence-corrected chi connectivity index (χ3v) is 5.10. The highest BCUT2D eigenvalue weighted by molar-refractivity contribution is 7.99. The van der Waals surface area contributed by atoms with Crippen molar-refractivity contribution in [1.29, 1.82) is 0 Å². The molecule has 0 bridgehead atoms. The number of nitrogens with zero attached hydrogens (tertiary/aromatic N) is 3. The average Bonchev–Trinajstić information content (AvgIpc) is 2.92. The van der Waals surface area contributed by atoms with Crippen molar-refractivity contribution in [2.45, 2.75) is 38.6 Å². The van der Waals surface area contributed by atoms with Gasteiger partial charge < -0.3 is 14.6 Å². The highest BCUT2D eigenvalue weighted by Crippen LogP contribution is 2.19. The van der Waals surface area contributed by atoms with E-state index >= 15 is 0 Å². The van der Waals surface area contributed by atoms with Gasteiger partial charge in [-0.3, -0.25) is 4.79 Å². The molecule has 0 aliphatic rings. The van der Waals surface area contributed by atoms with Crippen LogP contribution in [0.4, 0.5) is 0 Å². The van der Waals surface area contributed by atoms with Gasteiger partial charge in [-0.15, -0.1) is 10.2 Å². The smallest absolute Gasteiger partial charge is 0.230 e. The SMILES string of the molecule is CC(C)[C@@H](C)NC(=O)CSc1nnc(COc2ccc(Cl)cc2)n1C. The summed E-state index contributed by atoms with van der Waals surface area (Å²) in [5.74, 6) is 2.10. The normalized spacial score (nSPS) is 12.2. The molecule has 25 heavy (non-hydrogen) atoms. The average molecular weight is 383 g/mol. The Labute approximate surface area is 157 Å². The molecule has 1 heterocycles. The van der Waals surface area contributed by atoms with Crippen molar-refractivity contribution in [3.63, 3.8) is 0 Å². The van der Waals surface area contributed by atoms with Crippen LogP contribution in [0.5, 0.6) is 5.75 Å². The summed E-state index contributed by atoms with van der Waals surface area (Å²) in [6.07, 6.45) is 0. The van der Waals surface area contributed by atoms with Crippen LogP contribution in [0.3, 0.4) is 0 Å². The maximum absolute atomic E-state index is 12.0. The molecule has 136 valence electrons. The molecular formula is C17H23ClN4O2S. The third kappa shape index (κ3) is 5.93. The highest BCUT2D eigenvalue weighted by Gasteiger charge is 2.14. The van der Waals surface area contributed by atoms with E-state index < -0.39 is 0 Å². The Hall–Kier alpha value is -1.73. The fraction of sp³-hybridized carbons (Fsp3) is 0.471. The molecule has 8 heteroatoms. The minimum Gasteiger partial charge on any atom is -0.486 e. The van der Waals surface area contributed by atoms with Gasteiger partial charge in [-0.25, -0.2) is 0 Å². The third-order valence-electron chi connectivity index (χ3n) is 3.83. The number of aromatic nitrogens is 3. The summed E-state index contributed by atoms with van der Waals surface area (Å²) < 4.78 is 7.51.